The highest BCUT2D eigenvalue weighted by Gasteiger charge is 2.18. The van der Waals surface area contributed by atoms with Crippen molar-refractivity contribution < 1.29 is 13.2 Å². The molecule has 0 atom stereocenters. The van der Waals surface area contributed by atoms with E-state index in [1.165, 1.54) is 0 Å². The number of hydrogen-bond donors (Lipinski definition) is 0. The lowest BCUT2D eigenvalue weighted by atomic mass is 10.0. The Morgan fingerprint density at radius 1 is 0.760 bits per heavy atom. The average molecular weight is 352 g/mol. The molecule has 0 aliphatic rings. The van der Waals surface area contributed by atoms with Crippen molar-refractivity contribution in [2.24, 2.45) is 0 Å². The fraction of sp³-hybridized carbons (Fsp3) is 0.143. The summed E-state index contributed by atoms with van der Waals surface area (Å²) in [6, 6.07) is 19.9. The van der Waals surface area contributed by atoms with Crippen molar-refractivity contribution in [3.8, 4) is 16.9 Å². The topological polar surface area (TPSA) is 43.4 Å². The maximum atomic E-state index is 12.8. The smallest absolute Gasteiger partial charge is 0.206 e. The van der Waals surface area contributed by atoms with Gasteiger partial charge in [-0.15, -0.1) is 0 Å². The molecule has 0 bridgehead atoms. The predicted molar refractivity (Wildman–Crippen MR) is 99.8 cm³/mol. The molecule has 3 aromatic rings. The van der Waals surface area contributed by atoms with Crippen LogP contribution in [0, 0.1) is 13.8 Å². The van der Waals surface area contributed by atoms with Crippen molar-refractivity contribution in [1.82, 2.24) is 0 Å². The SMILES string of the molecule is COc1ccc(-c2ccc(S(=O)(=O)c3ccc(C)cc3)cc2C)cc1. The molecule has 0 fully saturated rings. The molecule has 0 unspecified atom stereocenters. The largest absolute Gasteiger partial charge is 0.497 e. The van der Waals surface area contributed by atoms with Crippen molar-refractivity contribution in [2.45, 2.75) is 23.6 Å². The maximum Gasteiger partial charge on any atom is 0.206 e. The first-order chi connectivity index (χ1) is 11.9. The third kappa shape index (κ3) is 3.44. The molecule has 3 nitrogen and oxygen atoms in total. The minimum Gasteiger partial charge on any atom is -0.497 e. The molecule has 4 heteroatoms. The minimum absolute atomic E-state index is 0.311. The molecule has 3 aromatic carbocycles. The van der Waals surface area contributed by atoms with Gasteiger partial charge < -0.3 is 4.74 Å². The molecular weight excluding hydrogens is 332 g/mol. The van der Waals surface area contributed by atoms with Crippen LogP contribution in [0.1, 0.15) is 11.1 Å². The summed E-state index contributed by atoms with van der Waals surface area (Å²) >= 11 is 0. The van der Waals surface area contributed by atoms with Crippen LogP contribution in [0.3, 0.4) is 0 Å². The molecule has 0 aliphatic carbocycles. The van der Waals surface area contributed by atoms with E-state index >= 15 is 0 Å². The summed E-state index contributed by atoms with van der Waals surface area (Å²) in [5.74, 6) is 0.792. The molecule has 0 saturated heterocycles. The van der Waals surface area contributed by atoms with Crippen molar-refractivity contribution in [1.29, 1.82) is 0 Å². The monoisotopic (exact) mass is 352 g/mol. The Bertz CT molecular complexity index is 986. The van der Waals surface area contributed by atoms with E-state index in [4.69, 9.17) is 4.74 Å². The van der Waals surface area contributed by atoms with Gasteiger partial charge in [0.1, 0.15) is 5.75 Å². The number of ether oxygens (including phenoxy) is 1. The zero-order valence-electron chi connectivity index (χ0n) is 14.5. The van der Waals surface area contributed by atoms with Gasteiger partial charge >= 0.3 is 0 Å². The van der Waals surface area contributed by atoms with Crippen LogP contribution in [0.5, 0.6) is 5.75 Å². The van der Waals surface area contributed by atoms with Gasteiger partial charge in [0.25, 0.3) is 0 Å². The molecule has 128 valence electrons. The summed E-state index contributed by atoms with van der Waals surface area (Å²) in [5, 5.41) is 0. The van der Waals surface area contributed by atoms with Crippen molar-refractivity contribution in [3.63, 3.8) is 0 Å². The van der Waals surface area contributed by atoms with E-state index in [0.717, 1.165) is 28.0 Å². The highest BCUT2D eigenvalue weighted by Crippen LogP contribution is 2.29. The Hall–Kier alpha value is -2.59. The highest BCUT2D eigenvalue weighted by molar-refractivity contribution is 7.91. The fourth-order valence-electron chi connectivity index (χ4n) is 2.75. The van der Waals surface area contributed by atoms with Gasteiger partial charge in [0.2, 0.25) is 9.84 Å². The molecule has 0 saturated carbocycles. The number of sulfone groups is 1. The minimum atomic E-state index is -3.51. The van der Waals surface area contributed by atoms with Gasteiger partial charge in [0.05, 0.1) is 16.9 Å². The number of hydrogen-bond acceptors (Lipinski definition) is 3. The van der Waals surface area contributed by atoms with Crippen LogP contribution in [-0.2, 0) is 9.84 Å². The first-order valence-corrected chi connectivity index (χ1v) is 9.47. The van der Waals surface area contributed by atoms with Gasteiger partial charge in [-0.25, -0.2) is 8.42 Å². The van der Waals surface area contributed by atoms with Crippen LogP contribution in [0.2, 0.25) is 0 Å². The van der Waals surface area contributed by atoms with Crippen LogP contribution in [0.4, 0.5) is 0 Å². The zero-order chi connectivity index (χ0) is 18.0. The highest BCUT2D eigenvalue weighted by atomic mass is 32.2. The fourth-order valence-corrected chi connectivity index (χ4v) is 4.10. The molecular formula is C21H20O3S. The Kier molecular flexibility index (Phi) is 4.64. The number of rotatable bonds is 4. The summed E-state index contributed by atoms with van der Waals surface area (Å²) in [7, 11) is -1.88. The molecule has 3 rings (SSSR count). The summed E-state index contributed by atoms with van der Waals surface area (Å²) < 4.78 is 30.8. The average Bonchev–Trinajstić information content (AvgIpc) is 2.62. The van der Waals surface area contributed by atoms with E-state index in [0.29, 0.717) is 9.79 Å². The molecule has 0 aliphatic heterocycles. The Morgan fingerprint density at radius 3 is 1.92 bits per heavy atom. The van der Waals surface area contributed by atoms with Gasteiger partial charge in [-0.05, 0) is 66.9 Å². The van der Waals surface area contributed by atoms with E-state index in [9.17, 15) is 8.42 Å². The van der Waals surface area contributed by atoms with Crippen LogP contribution >= 0.6 is 0 Å². The second kappa shape index (κ2) is 6.73. The number of aryl methyl sites for hydroxylation is 2. The molecule has 25 heavy (non-hydrogen) atoms. The molecule has 0 amide bonds. The normalized spacial score (nSPS) is 11.3. The molecule has 0 radical (unpaired) electrons. The van der Waals surface area contributed by atoms with E-state index in [1.54, 1.807) is 31.4 Å². The molecule has 0 aromatic heterocycles. The van der Waals surface area contributed by atoms with E-state index in [-0.39, 0.29) is 0 Å². The second-order valence-corrected chi connectivity index (χ2v) is 7.97. The first kappa shape index (κ1) is 17.2. The van der Waals surface area contributed by atoms with Crippen LogP contribution in [0.15, 0.2) is 76.5 Å². The second-order valence-electron chi connectivity index (χ2n) is 6.02. The lowest BCUT2D eigenvalue weighted by Gasteiger charge is -2.11. The van der Waals surface area contributed by atoms with Crippen LogP contribution in [-0.4, -0.2) is 15.5 Å². The molecule has 0 spiro atoms. The van der Waals surface area contributed by atoms with E-state index in [1.807, 2.05) is 56.3 Å². The lowest BCUT2D eigenvalue weighted by molar-refractivity contribution is 0.415. The summed E-state index contributed by atoms with van der Waals surface area (Å²) in [6.07, 6.45) is 0. The first-order valence-electron chi connectivity index (χ1n) is 7.98. The Balaban J connectivity index is 1.99. The summed E-state index contributed by atoms with van der Waals surface area (Å²) in [6.45, 7) is 3.86. The summed E-state index contributed by atoms with van der Waals surface area (Å²) in [4.78, 5) is 0.626. The van der Waals surface area contributed by atoms with Crippen molar-refractivity contribution >= 4 is 9.84 Å². The summed E-state index contributed by atoms with van der Waals surface area (Å²) in [5.41, 5.74) is 3.98. The van der Waals surface area contributed by atoms with E-state index in [2.05, 4.69) is 0 Å². The van der Waals surface area contributed by atoms with Crippen LogP contribution < -0.4 is 4.74 Å². The van der Waals surface area contributed by atoms with Gasteiger partial charge in [-0.1, -0.05) is 35.9 Å². The van der Waals surface area contributed by atoms with Gasteiger partial charge in [-0.3, -0.25) is 0 Å². The predicted octanol–water partition coefficient (Wildman–Crippen LogP) is 4.81. The van der Waals surface area contributed by atoms with Crippen molar-refractivity contribution in [2.75, 3.05) is 7.11 Å². The number of methoxy groups -OCH3 is 1. The van der Waals surface area contributed by atoms with Gasteiger partial charge in [-0.2, -0.15) is 0 Å². The van der Waals surface area contributed by atoms with Gasteiger partial charge in [0, 0.05) is 0 Å². The van der Waals surface area contributed by atoms with Gasteiger partial charge in [0.15, 0.2) is 0 Å². The molecule has 0 N–H and O–H groups in total. The van der Waals surface area contributed by atoms with E-state index < -0.39 is 9.84 Å². The lowest BCUT2D eigenvalue weighted by Crippen LogP contribution is -2.02. The Morgan fingerprint density at radius 2 is 1.36 bits per heavy atom. The zero-order valence-corrected chi connectivity index (χ0v) is 15.3. The van der Waals surface area contributed by atoms with Crippen molar-refractivity contribution in [3.05, 3.63) is 77.9 Å². The molecule has 0 heterocycles. The maximum absolute atomic E-state index is 12.8. The Labute approximate surface area is 148 Å². The third-order valence-corrected chi connectivity index (χ3v) is 6.01. The van der Waals surface area contributed by atoms with Crippen LogP contribution in [0.25, 0.3) is 11.1 Å². The quantitative estimate of drug-likeness (QED) is 0.677. The standard InChI is InChI=1S/C21H20O3S/c1-15-4-10-19(11-5-15)25(22,23)20-12-13-21(16(2)14-20)17-6-8-18(24-3)9-7-17/h4-14H,1-3H3. The number of benzene rings is 3. The third-order valence-electron chi connectivity index (χ3n) is 4.24.